The highest BCUT2D eigenvalue weighted by Crippen LogP contribution is 2.26. The largest absolute Gasteiger partial charge is 0.462 e. The van der Waals surface area contributed by atoms with Gasteiger partial charge in [-0.1, -0.05) is 144 Å². The number of ether oxygens (including phenoxy) is 6. The third-order valence-corrected chi connectivity index (χ3v) is 11.8. The molecule has 2 saturated heterocycles. The molecule has 2 aliphatic rings. The lowest BCUT2D eigenvalue weighted by Gasteiger charge is -2.42. The molecule has 0 aromatic carbocycles. The Balaban J connectivity index is 1.84. The van der Waals surface area contributed by atoms with Crippen molar-refractivity contribution in [2.75, 3.05) is 26.4 Å². The van der Waals surface area contributed by atoms with Gasteiger partial charge in [-0.15, -0.1) is 6.58 Å². The van der Waals surface area contributed by atoms with Gasteiger partial charge in [0.1, 0.15) is 55.4 Å². The van der Waals surface area contributed by atoms with Crippen molar-refractivity contribution in [3.8, 4) is 0 Å². The Morgan fingerprint density at radius 1 is 0.515 bits per heavy atom. The molecule has 390 valence electrons. The maximum atomic E-state index is 13.0. The van der Waals surface area contributed by atoms with Gasteiger partial charge >= 0.3 is 11.9 Å². The molecular formula is C53H88O15. The summed E-state index contributed by atoms with van der Waals surface area (Å²) < 4.78 is 33.5. The highest BCUT2D eigenvalue weighted by atomic mass is 16.7. The minimum Gasteiger partial charge on any atom is -0.462 e. The third kappa shape index (κ3) is 27.4. The molecule has 0 aliphatic carbocycles. The van der Waals surface area contributed by atoms with Gasteiger partial charge in [0, 0.05) is 12.8 Å². The van der Waals surface area contributed by atoms with Gasteiger partial charge in [-0.2, -0.15) is 0 Å². The summed E-state index contributed by atoms with van der Waals surface area (Å²) in [4.78, 5) is 25.7. The quantitative estimate of drug-likeness (QED) is 0.0186. The maximum Gasteiger partial charge on any atom is 0.306 e. The smallest absolute Gasteiger partial charge is 0.306 e. The fourth-order valence-electron chi connectivity index (χ4n) is 7.64. The highest BCUT2D eigenvalue weighted by Gasteiger charge is 2.47. The maximum absolute atomic E-state index is 13.0. The number of hydrogen-bond acceptors (Lipinski definition) is 15. The van der Waals surface area contributed by atoms with Crippen molar-refractivity contribution in [1.29, 1.82) is 0 Å². The summed E-state index contributed by atoms with van der Waals surface area (Å²) in [5.74, 6) is -1.00. The number of carbonyl (C=O) groups is 2. The van der Waals surface area contributed by atoms with Crippen LogP contribution in [0.5, 0.6) is 0 Å². The first-order valence-electron chi connectivity index (χ1n) is 25.5. The van der Waals surface area contributed by atoms with E-state index in [4.69, 9.17) is 28.4 Å². The summed E-state index contributed by atoms with van der Waals surface area (Å²) >= 11 is 0. The van der Waals surface area contributed by atoms with Crippen LogP contribution in [0.15, 0.2) is 73.4 Å². The van der Waals surface area contributed by atoms with Crippen molar-refractivity contribution in [2.24, 2.45) is 0 Å². The van der Waals surface area contributed by atoms with Crippen molar-refractivity contribution >= 4 is 11.9 Å². The van der Waals surface area contributed by atoms with Gasteiger partial charge in [-0.25, -0.2) is 0 Å². The fraction of sp³-hybridized carbons (Fsp3) is 0.736. The zero-order valence-corrected chi connectivity index (χ0v) is 40.9. The predicted octanol–water partition coefficient (Wildman–Crippen LogP) is 7.04. The second kappa shape index (κ2) is 39.6. The fourth-order valence-corrected chi connectivity index (χ4v) is 7.64. The lowest BCUT2D eigenvalue weighted by Crippen LogP contribution is -2.61. The van der Waals surface area contributed by atoms with Gasteiger partial charge in [0.15, 0.2) is 18.7 Å². The molecule has 15 nitrogen and oxygen atoms in total. The Bertz CT molecular complexity index is 1450. The first-order chi connectivity index (χ1) is 33.0. The number of aliphatic hydroxyl groups is 7. The molecule has 0 aromatic rings. The normalized spacial score (nSPS) is 26.2. The standard InChI is InChI=1S/C53H88O15/c1-3-5-7-9-11-13-15-17-19-20-22-24-26-28-30-32-34-36-45(56)66-41(38-63-44(55)35-33-31-29-27-25-23-21-18-16-14-12-10-8-6-4-2)39-64-52-51(62)49(60)47(58)43(68-52)40-65-53-50(61)48(59)46(57)42(37-54)67-53/h4-5,7,11,13,17,19,22,24,28,30,41-43,46-54,57-62H,2-3,6,8-10,12,14-16,18,20-21,23,25-27,29,31-40H2,1H3/b7-5+,13-11+,19-17+,24-22+,30-28+/t41-,42+,43+,46-,47-,48?,49?,50?,51?,52+,53+/m1/s1. The first-order valence-corrected chi connectivity index (χ1v) is 25.5. The lowest BCUT2D eigenvalue weighted by molar-refractivity contribution is -0.332. The molecule has 2 rings (SSSR count). The Hall–Kier alpha value is -3.06. The zero-order chi connectivity index (χ0) is 49.6. The van der Waals surface area contributed by atoms with E-state index in [-0.39, 0.29) is 19.4 Å². The Kier molecular flexibility index (Phi) is 35.6. The molecule has 0 amide bonds. The van der Waals surface area contributed by atoms with E-state index in [1.54, 1.807) is 0 Å². The van der Waals surface area contributed by atoms with Crippen LogP contribution < -0.4 is 0 Å². The van der Waals surface area contributed by atoms with Crippen LogP contribution in [-0.2, 0) is 38.0 Å². The Morgan fingerprint density at radius 2 is 0.971 bits per heavy atom. The number of carbonyl (C=O) groups excluding carboxylic acids is 2. The van der Waals surface area contributed by atoms with Gasteiger partial charge in [0.25, 0.3) is 0 Å². The summed E-state index contributed by atoms with van der Waals surface area (Å²) in [6, 6.07) is 0. The van der Waals surface area contributed by atoms with E-state index in [1.807, 2.05) is 18.2 Å². The highest BCUT2D eigenvalue weighted by molar-refractivity contribution is 5.70. The van der Waals surface area contributed by atoms with Gasteiger partial charge in [0.05, 0.1) is 19.8 Å². The van der Waals surface area contributed by atoms with Gasteiger partial charge in [-0.3, -0.25) is 9.59 Å². The number of aliphatic hydroxyl groups excluding tert-OH is 7. The zero-order valence-electron chi connectivity index (χ0n) is 40.9. The van der Waals surface area contributed by atoms with Crippen LogP contribution in [0.2, 0.25) is 0 Å². The van der Waals surface area contributed by atoms with E-state index < -0.39 is 99.3 Å². The molecule has 0 bridgehead atoms. The molecule has 4 unspecified atom stereocenters. The van der Waals surface area contributed by atoms with Crippen LogP contribution in [0.4, 0.5) is 0 Å². The van der Waals surface area contributed by atoms with Crippen LogP contribution in [0.3, 0.4) is 0 Å². The number of hydrogen-bond donors (Lipinski definition) is 7. The summed E-state index contributed by atoms with van der Waals surface area (Å²) in [6.07, 6.45) is 28.3. The molecule has 2 fully saturated rings. The van der Waals surface area contributed by atoms with Crippen LogP contribution in [0, 0.1) is 0 Å². The minimum atomic E-state index is -1.78. The predicted molar refractivity (Wildman–Crippen MR) is 261 cm³/mol. The van der Waals surface area contributed by atoms with E-state index in [1.165, 1.54) is 57.8 Å². The summed E-state index contributed by atoms with van der Waals surface area (Å²) in [6.45, 7) is 3.94. The van der Waals surface area contributed by atoms with E-state index in [0.717, 1.165) is 57.8 Å². The molecule has 0 spiro atoms. The van der Waals surface area contributed by atoms with Gasteiger partial charge in [-0.05, 0) is 64.2 Å². The molecule has 11 atom stereocenters. The molecule has 0 radical (unpaired) electrons. The average Bonchev–Trinajstić information content (AvgIpc) is 3.33. The number of rotatable bonds is 39. The van der Waals surface area contributed by atoms with Gasteiger partial charge < -0.3 is 64.2 Å². The lowest BCUT2D eigenvalue weighted by atomic mass is 9.98. The van der Waals surface area contributed by atoms with Crippen molar-refractivity contribution in [3.05, 3.63) is 73.4 Å². The summed E-state index contributed by atoms with van der Waals surface area (Å²) in [5.41, 5.74) is 0. The second-order valence-corrected chi connectivity index (χ2v) is 17.7. The monoisotopic (exact) mass is 965 g/mol. The molecule has 7 N–H and O–H groups in total. The molecular weight excluding hydrogens is 877 g/mol. The molecule has 2 aliphatic heterocycles. The molecule has 68 heavy (non-hydrogen) atoms. The van der Waals surface area contributed by atoms with Crippen LogP contribution in [0.25, 0.3) is 0 Å². The number of unbranched alkanes of at least 4 members (excludes halogenated alkanes) is 14. The first kappa shape index (κ1) is 61.1. The van der Waals surface area contributed by atoms with Crippen LogP contribution in [-0.4, -0.2) is 142 Å². The SMILES string of the molecule is C=CCCCCCCCCCCCCCCCC(=O)OC[C@H](CO[C@H]1O[C@@H](CO[C@H]2O[C@@H](CO)[C@@H](O)C(O)C2O)[C@@H](O)C(O)C1O)OC(=O)CCC/C=C/C/C=C/C/C=C/C/C=C/C/C=C/CC. The third-order valence-electron chi connectivity index (χ3n) is 11.8. The minimum absolute atomic E-state index is 0.0833. The van der Waals surface area contributed by atoms with E-state index >= 15 is 0 Å². The number of allylic oxidation sites excluding steroid dienone is 11. The van der Waals surface area contributed by atoms with Crippen LogP contribution in [0.1, 0.15) is 155 Å². The van der Waals surface area contributed by atoms with E-state index in [0.29, 0.717) is 19.3 Å². The molecule has 0 saturated carbocycles. The van der Waals surface area contributed by atoms with Crippen molar-refractivity contribution in [3.63, 3.8) is 0 Å². The summed E-state index contributed by atoms with van der Waals surface area (Å²) in [5, 5.41) is 72.1. The van der Waals surface area contributed by atoms with Gasteiger partial charge in [0.2, 0.25) is 0 Å². The van der Waals surface area contributed by atoms with E-state index in [2.05, 4.69) is 62.1 Å². The summed E-state index contributed by atoms with van der Waals surface area (Å²) in [7, 11) is 0. The van der Waals surface area contributed by atoms with Crippen molar-refractivity contribution < 1.29 is 73.8 Å². The molecule has 2 heterocycles. The Morgan fingerprint density at radius 3 is 1.50 bits per heavy atom. The number of esters is 2. The molecule has 15 heteroatoms. The average molecular weight is 965 g/mol. The van der Waals surface area contributed by atoms with Crippen molar-refractivity contribution in [2.45, 2.75) is 222 Å². The Labute approximate surface area is 406 Å². The van der Waals surface area contributed by atoms with Crippen LogP contribution >= 0.6 is 0 Å². The second-order valence-electron chi connectivity index (χ2n) is 17.7. The van der Waals surface area contributed by atoms with E-state index in [9.17, 15) is 45.3 Å². The van der Waals surface area contributed by atoms with Crippen molar-refractivity contribution in [1.82, 2.24) is 0 Å². The molecule has 0 aromatic heterocycles. The topological polar surface area (TPSA) is 231 Å².